The zero-order valence-electron chi connectivity index (χ0n) is 4.33. The summed E-state index contributed by atoms with van der Waals surface area (Å²) in [5.41, 5.74) is 0. The highest BCUT2D eigenvalue weighted by Crippen LogP contribution is 1.76. The minimum Gasteiger partial charge on any atom is -0.217 e. The van der Waals surface area contributed by atoms with Crippen LogP contribution >= 0.6 is 0 Å². The third-order valence-electron chi connectivity index (χ3n) is 0. The van der Waals surface area contributed by atoms with Gasteiger partial charge in [0.05, 0.1) is 10.2 Å². The minimum absolute atomic E-state index is 0.0154. The van der Waals surface area contributed by atoms with Gasteiger partial charge in [-0.1, -0.05) is 13.8 Å². The summed E-state index contributed by atoms with van der Waals surface area (Å²) in [5, 5.41) is 0. The quantitative estimate of drug-likeness (QED) is 0.403. The fraction of sp³-hybridized carbons (Fsp3) is 1.00. The summed E-state index contributed by atoms with van der Waals surface area (Å²) >= 11 is 0. The van der Waals surface area contributed by atoms with Gasteiger partial charge < -0.3 is 0 Å². The van der Waals surface area contributed by atoms with Gasteiger partial charge in [-0.3, -0.25) is 0 Å². The first-order chi connectivity index (χ1) is 2.73. The molecule has 0 N–H and O–H groups in total. The van der Waals surface area contributed by atoms with Crippen LogP contribution in [0.25, 0.3) is 0 Å². The van der Waals surface area contributed by atoms with Crippen LogP contribution in [0.4, 0.5) is 8.78 Å². The molecular weight excluding hydrogens is 102 g/mol. The molecule has 0 nitrogen and oxygen atoms in total. The van der Waals surface area contributed by atoms with Crippen molar-refractivity contribution in [2.24, 2.45) is 0 Å². The van der Waals surface area contributed by atoms with Crippen molar-refractivity contribution in [3.63, 3.8) is 0 Å². The Morgan fingerprint density at radius 2 is 1.33 bits per heavy atom. The highest BCUT2D eigenvalue weighted by molar-refractivity contribution is 6.09. The second-order valence-corrected chi connectivity index (χ2v) is 1.39. The van der Waals surface area contributed by atoms with Gasteiger partial charge in [-0.05, 0) is 0 Å². The zero-order valence-corrected chi connectivity index (χ0v) is 6.33. The third kappa shape index (κ3) is 6530. The summed E-state index contributed by atoms with van der Waals surface area (Å²) in [5.74, 6) is 0. The Hall–Kier alpha value is 0.0769. The molecule has 0 heterocycles. The Kier molecular flexibility index (Phi) is 14.0. The minimum atomic E-state index is -2.03. The van der Waals surface area contributed by atoms with Crippen LogP contribution in [0, 0.1) is 0 Å². The van der Waals surface area contributed by atoms with Gasteiger partial charge in [0.1, 0.15) is 0 Å². The highest BCUT2D eigenvalue weighted by Gasteiger charge is 1.79. The van der Waals surface area contributed by atoms with Crippen molar-refractivity contribution in [3.8, 4) is 0 Å². The first-order valence-electron chi connectivity index (χ1n) is 2.01. The molecule has 0 atom stereocenters. The summed E-state index contributed by atoms with van der Waals surface area (Å²) in [7, 11) is 0.0154. The molecule has 0 unspecified atom stereocenters. The molecule has 0 aromatic rings. The SMILES string of the molecule is CC.FC(F)[SiH3]. The lowest BCUT2D eigenvalue weighted by molar-refractivity contribution is 0.242. The van der Waals surface area contributed by atoms with E-state index in [0.29, 0.717) is 0 Å². The predicted molar refractivity (Wildman–Crippen MR) is 27.3 cm³/mol. The number of alkyl halides is 2. The van der Waals surface area contributed by atoms with Crippen LogP contribution in [-0.4, -0.2) is 16.3 Å². The lowest BCUT2D eigenvalue weighted by Gasteiger charge is -1.70. The molecule has 40 valence electrons. The first kappa shape index (κ1) is 9.42. The molecule has 0 spiro atoms. The van der Waals surface area contributed by atoms with Crippen LogP contribution < -0.4 is 0 Å². The monoisotopic (exact) mass is 112 g/mol. The van der Waals surface area contributed by atoms with E-state index in [1.54, 1.807) is 0 Å². The second kappa shape index (κ2) is 8.91. The maximum absolute atomic E-state index is 10.4. The van der Waals surface area contributed by atoms with Crippen LogP contribution in [0.15, 0.2) is 0 Å². The van der Waals surface area contributed by atoms with E-state index in [0.717, 1.165) is 0 Å². The maximum Gasteiger partial charge on any atom is 0.210 e. The van der Waals surface area contributed by atoms with E-state index in [2.05, 4.69) is 0 Å². The molecule has 0 bridgehead atoms. The molecule has 0 saturated heterocycles. The Morgan fingerprint density at radius 1 is 1.33 bits per heavy atom. The van der Waals surface area contributed by atoms with Crippen molar-refractivity contribution < 1.29 is 8.78 Å². The first-order valence-corrected chi connectivity index (χ1v) is 3.17. The smallest absolute Gasteiger partial charge is 0.210 e. The van der Waals surface area contributed by atoms with Crippen LogP contribution in [-0.2, 0) is 0 Å². The van der Waals surface area contributed by atoms with Crippen molar-refractivity contribution >= 4 is 10.2 Å². The molecule has 0 aromatic carbocycles. The molecule has 6 heavy (non-hydrogen) atoms. The molecule has 0 aliphatic carbocycles. The van der Waals surface area contributed by atoms with Crippen LogP contribution in [0.1, 0.15) is 13.8 Å². The lowest BCUT2D eigenvalue weighted by Crippen LogP contribution is -1.80. The third-order valence-corrected chi connectivity index (χ3v) is 0. The van der Waals surface area contributed by atoms with Crippen molar-refractivity contribution in [1.29, 1.82) is 0 Å². The van der Waals surface area contributed by atoms with Crippen molar-refractivity contribution in [2.45, 2.75) is 19.9 Å². The zero-order chi connectivity index (χ0) is 5.58. The summed E-state index contributed by atoms with van der Waals surface area (Å²) in [6.45, 7) is 4.00. The van der Waals surface area contributed by atoms with Crippen molar-refractivity contribution in [3.05, 3.63) is 0 Å². The maximum atomic E-state index is 10.4. The topological polar surface area (TPSA) is 0 Å². The van der Waals surface area contributed by atoms with Gasteiger partial charge in [-0.25, -0.2) is 8.78 Å². The van der Waals surface area contributed by atoms with Gasteiger partial charge in [0, 0.05) is 0 Å². The van der Waals surface area contributed by atoms with Gasteiger partial charge in [0.25, 0.3) is 0 Å². The Morgan fingerprint density at radius 3 is 1.33 bits per heavy atom. The molecular formula is C3H10F2Si. The number of halogens is 2. The second-order valence-electron chi connectivity index (χ2n) is 0.519. The van der Waals surface area contributed by atoms with Gasteiger partial charge in [0.15, 0.2) is 0 Å². The molecule has 0 rings (SSSR count). The molecule has 0 saturated carbocycles. The molecule has 0 fully saturated rings. The largest absolute Gasteiger partial charge is 0.217 e. The Labute approximate surface area is 40.0 Å². The van der Waals surface area contributed by atoms with E-state index >= 15 is 0 Å². The Bertz CT molecular complexity index is 13.5. The van der Waals surface area contributed by atoms with E-state index < -0.39 is 6.05 Å². The predicted octanol–water partition coefficient (Wildman–Crippen LogP) is 0.601. The van der Waals surface area contributed by atoms with Crippen LogP contribution in [0.5, 0.6) is 0 Å². The van der Waals surface area contributed by atoms with Gasteiger partial charge >= 0.3 is 0 Å². The van der Waals surface area contributed by atoms with E-state index in [9.17, 15) is 8.78 Å². The van der Waals surface area contributed by atoms with Crippen LogP contribution in [0.2, 0.25) is 0 Å². The van der Waals surface area contributed by atoms with Gasteiger partial charge in [-0.15, -0.1) is 0 Å². The summed E-state index contributed by atoms with van der Waals surface area (Å²) in [6.07, 6.45) is 0. The molecule has 3 heteroatoms. The van der Waals surface area contributed by atoms with Gasteiger partial charge in [-0.2, -0.15) is 0 Å². The van der Waals surface area contributed by atoms with E-state index in [4.69, 9.17) is 0 Å². The summed E-state index contributed by atoms with van der Waals surface area (Å²) in [6, 6.07) is -2.03. The van der Waals surface area contributed by atoms with Crippen molar-refractivity contribution in [2.75, 3.05) is 0 Å². The average molecular weight is 112 g/mol. The summed E-state index contributed by atoms with van der Waals surface area (Å²) < 4.78 is 20.8. The standard InChI is InChI=1S/C2H6.CH4F2Si/c1-2;2-1(3)4/h1-2H3;1H,4H3. The van der Waals surface area contributed by atoms with E-state index in [1.165, 1.54) is 0 Å². The number of hydrogen-bond donors (Lipinski definition) is 0. The molecule has 0 amide bonds. The highest BCUT2D eigenvalue weighted by atomic mass is 28.1. The van der Waals surface area contributed by atoms with Gasteiger partial charge in [0.2, 0.25) is 6.05 Å². The lowest BCUT2D eigenvalue weighted by atomic mass is 11.0. The molecule has 0 aliphatic heterocycles. The summed E-state index contributed by atoms with van der Waals surface area (Å²) in [4.78, 5) is 0. The van der Waals surface area contributed by atoms with E-state index in [1.807, 2.05) is 13.8 Å². The normalized spacial score (nSPS) is 7.50. The fourth-order valence-corrected chi connectivity index (χ4v) is 0. The molecule has 0 aromatic heterocycles. The molecule has 0 aliphatic rings. The van der Waals surface area contributed by atoms with Crippen LogP contribution in [0.3, 0.4) is 0 Å². The van der Waals surface area contributed by atoms with Crippen molar-refractivity contribution in [1.82, 2.24) is 0 Å². The fourth-order valence-electron chi connectivity index (χ4n) is 0. The Balaban J connectivity index is 0. The number of rotatable bonds is 0. The average Bonchev–Trinajstić information content (AvgIpc) is 1.41. The van der Waals surface area contributed by atoms with E-state index in [-0.39, 0.29) is 10.2 Å². The number of hydrogen-bond acceptors (Lipinski definition) is 0. The molecule has 0 radical (unpaired) electrons.